The van der Waals surface area contributed by atoms with Crippen LogP contribution in [-0.2, 0) is 11.2 Å². The van der Waals surface area contributed by atoms with Gasteiger partial charge < -0.3 is 4.74 Å². The van der Waals surface area contributed by atoms with E-state index in [1.165, 1.54) is 0 Å². The first kappa shape index (κ1) is 9.00. The van der Waals surface area contributed by atoms with Crippen LogP contribution in [0.2, 0.25) is 0 Å². The summed E-state index contributed by atoms with van der Waals surface area (Å²) in [5.74, 6) is 1.10. The number of fused-ring (bicyclic) bond motifs is 1. The molecule has 0 atom stereocenters. The highest BCUT2D eigenvalue weighted by Crippen LogP contribution is 2.22. The molecule has 0 saturated carbocycles. The summed E-state index contributed by atoms with van der Waals surface area (Å²) in [6.45, 7) is 0. The topological polar surface area (TPSA) is 26.3 Å². The molecule has 2 rings (SSSR count). The van der Waals surface area contributed by atoms with Gasteiger partial charge in [-0.05, 0) is 23.3 Å². The predicted molar refractivity (Wildman–Crippen MR) is 55.4 cm³/mol. The van der Waals surface area contributed by atoms with Crippen molar-refractivity contribution in [2.45, 2.75) is 12.8 Å². The number of Topliss-reactive ketones (excluding diaryl/α,β-unsaturated/α-hetero) is 1. The maximum atomic E-state index is 11.3. The zero-order valence-corrected chi connectivity index (χ0v) is 8.12. The van der Waals surface area contributed by atoms with Gasteiger partial charge >= 0.3 is 0 Å². The summed E-state index contributed by atoms with van der Waals surface area (Å²) in [4.78, 5) is 11.3. The lowest BCUT2D eigenvalue weighted by Gasteiger charge is -2.05. The van der Waals surface area contributed by atoms with E-state index in [-0.39, 0.29) is 5.78 Å². The van der Waals surface area contributed by atoms with Gasteiger partial charge in [0.2, 0.25) is 0 Å². The molecule has 72 valence electrons. The number of carbonyl (C=O) groups is 1. The first-order valence-electron chi connectivity index (χ1n) is 4.65. The Bertz CT molecular complexity index is 391. The van der Waals surface area contributed by atoms with Crippen molar-refractivity contribution < 1.29 is 9.53 Å². The van der Waals surface area contributed by atoms with Crippen LogP contribution in [0.4, 0.5) is 0 Å². The molecule has 0 spiro atoms. The summed E-state index contributed by atoms with van der Waals surface area (Å²) in [5.41, 5.74) is 2.18. The Kier molecular flexibility index (Phi) is 2.35. The molecule has 1 aliphatic carbocycles. The Morgan fingerprint density at radius 1 is 1.36 bits per heavy atom. The maximum Gasteiger partial charge on any atom is 0.141 e. The van der Waals surface area contributed by atoms with Crippen molar-refractivity contribution in [2.75, 3.05) is 7.11 Å². The minimum absolute atomic E-state index is 0.269. The van der Waals surface area contributed by atoms with Gasteiger partial charge in [0.15, 0.2) is 0 Å². The molecule has 0 radical (unpaired) electrons. The normalized spacial score (nSPS) is 14.8. The van der Waals surface area contributed by atoms with E-state index in [0.717, 1.165) is 16.9 Å². The number of benzene rings is 1. The average Bonchev–Trinajstić information content (AvgIpc) is 2.37. The molecule has 2 heteroatoms. The molecule has 0 bridgehead atoms. The lowest BCUT2D eigenvalue weighted by molar-refractivity contribution is -0.117. The smallest absolute Gasteiger partial charge is 0.141 e. The molecule has 0 unspecified atom stereocenters. The highest BCUT2D eigenvalue weighted by Gasteiger charge is 2.09. The molecule has 0 saturated heterocycles. The van der Waals surface area contributed by atoms with E-state index >= 15 is 0 Å². The van der Waals surface area contributed by atoms with E-state index in [1.54, 1.807) is 7.11 Å². The third kappa shape index (κ3) is 1.69. The molecule has 0 heterocycles. The van der Waals surface area contributed by atoms with Crippen LogP contribution >= 0.6 is 0 Å². The molecule has 0 aromatic heterocycles. The highest BCUT2D eigenvalue weighted by molar-refractivity contribution is 5.85. The van der Waals surface area contributed by atoms with Gasteiger partial charge in [-0.1, -0.05) is 18.2 Å². The van der Waals surface area contributed by atoms with Crippen LogP contribution in [0, 0.1) is 0 Å². The van der Waals surface area contributed by atoms with Crippen LogP contribution in [0.25, 0.3) is 6.08 Å². The number of hydrogen-bond donors (Lipinski definition) is 0. The molecule has 1 aliphatic rings. The largest absolute Gasteiger partial charge is 0.497 e. The van der Waals surface area contributed by atoms with Gasteiger partial charge in [0.05, 0.1) is 7.11 Å². The van der Waals surface area contributed by atoms with Gasteiger partial charge in [-0.3, -0.25) is 4.79 Å². The Balaban J connectivity index is 2.44. The van der Waals surface area contributed by atoms with E-state index in [1.807, 2.05) is 30.4 Å². The van der Waals surface area contributed by atoms with Gasteiger partial charge in [0.25, 0.3) is 0 Å². The Labute approximate surface area is 83.2 Å². The Hall–Kier alpha value is -1.57. The van der Waals surface area contributed by atoms with Crippen molar-refractivity contribution >= 4 is 11.9 Å². The van der Waals surface area contributed by atoms with E-state index in [9.17, 15) is 4.79 Å². The molecule has 2 nitrogen and oxygen atoms in total. The second-order valence-corrected chi connectivity index (χ2v) is 3.39. The average molecular weight is 188 g/mol. The molecule has 0 fully saturated rings. The summed E-state index contributed by atoms with van der Waals surface area (Å²) in [6, 6.07) is 5.82. The maximum absolute atomic E-state index is 11.3. The minimum atomic E-state index is 0.269. The first-order valence-corrected chi connectivity index (χ1v) is 4.65. The van der Waals surface area contributed by atoms with E-state index in [0.29, 0.717) is 12.8 Å². The van der Waals surface area contributed by atoms with Crippen LogP contribution in [0.1, 0.15) is 17.5 Å². The molecular weight excluding hydrogens is 176 g/mol. The third-order valence-electron chi connectivity index (χ3n) is 2.38. The summed E-state index contributed by atoms with van der Waals surface area (Å²) < 4.78 is 5.13. The Morgan fingerprint density at radius 3 is 3.00 bits per heavy atom. The quantitative estimate of drug-likeness (QED) is 0.675. The summed E-state index contributed by atoms with van der Waals surface area (Å²) >= 11 is 0. The van der Waals surface area contributed by atoms with Crippen LogP contribution in [0.3, 0.4) is 0 Å². The number of rotatable bonds is 1. The molecular formula is C12H12O2. The highest BCUT2D eigenvalue weighted by atomic mass is 16.5. The van der Waals surface area contributed by atoms with Crippen molar-refractivity contribution in [3.8, 4) is 5.75 Å². The van der Waals surface area contributed by atoms with Crippen molar-refractivity contribution in [3.63, 3.8) is 0 Å². The lowest BCUT2D eigenvalue weighted by Crippen LogP contribution is -2.00. The van der Waals surface area contributed by atoms with Gasteiger partial charge in [-0.25, -0.2) is 0 Å². The molecule has 0 N–H and O–H groups in total. The van der Waals surface area contributed by atoms with E-state index in [2.05, 4.69) is 0 Å². The van der Waals surface area contributed by atoms with Crippen LogP contribution in [0.15, 0.2) is 24.3 Å². The SMILES string of the molecule is COc1ccc2c(c1)C=CCC(=O)C2. The fraction of sp³-hybridized carbons (Fsp3) is 0.250. The molecule has 1 aromatic rings. The van der Waals surface area contributed by atoms with Crippen molar-refractivity contribution in [3.05, 3.63) is 35.4 Å². The third-order valence-corrected chi connectivity index (χ3v) is 2.38. The second-order valence-electron chi connectivity index (χ2n) is 3.39. The van der Waals surface area contributed by atoms with Gasteiger partial charge in [0, 0.05) is 12.8 Å². The fourth-order valence-corrected chi connectivity index (χ4v) is 1.62. The molecule has 0 amide bonds. The molecule has 0 aliphatic heterocycles. The fourth-order valence-electron chi connectivity index (χ4n) is 1.62. The van der Waals surface area contributed by atoms with Gasteiger partial charge in [-0.15, -0.1) is 0 Å². The predicted octanol–water partition coefficient (Wildman–Crippen LogP) is 2.22. The monoisotopic (exact) mass is 188 g/mol. The number of ether oxygens (including phenoxy) is 1. The lowest BCUT2D eigenvalue weighted by atomic mass is 10.0. The summed E-state index contributed by atoms with van der Waals surface area (Å²) in [7, 11) is 1.65. The number of methoxy groups -OCH3 is 1. The zero-order chi connectivity index (χ0) is 9.97. The van der Waals surface area contributed by atoms with Crippen molar-refractivity contribution in [1.29, 1.82) is 0 Å². The van der Waals surface area contributed by atoms with Crippen LogP contribution in [-0.4, -0.2) is 12.9 Å². The standard InChI is InChI=1S/C12H12O2/c1-14-12-6-5-10-7-11(13)4-2-3-9(10)8-12/h2-3,5-6,8H,4,7H2,1H3. The first-order chi connectivity index (χ1) is 6.79. The molecule has 1 aromatic carbocycles. The van der Waals surface area contributed by atoms with Crippen molar-refractivity contribution in [1.82, 2.24) is 0 Å². The Morgan fingerprint density at radius 2 is 2.21 bits per heavy atom. The minimum Gasteiger partial charge on any atom is -0.497 e. The van der Waals surface area contributed by atoms with Gasteiger partial charge in [-0.2, -0.15) is 0 Å². The van der Waals surface area contributed by atoms with E-state index < -0.39 is 0 Å². The van der Waals surface area contributed by atoms with Crippen LogP contribution < -0.4 is 4.74 Å². The van der Waals surface area contributed by atoms with Crippen LogP contribution in [0.5, 0.6) is 5.75 Å². The summed E-state index contributed by atoms with van der Waals surface area (Å²) in [5, 5.41) is 0. The number of ketones is 1. The van der Waals surface area contributed by atoms with Crippen molar-refractivity contribution in [2.24, 2.45) is 0 Å². The number of hydrogen-bond acceptors (Lipinski definition) is 2. The van der Waals surface area contributed by atoms with Gasteiger partial charge in [0.1, 0.15) is 11.5 Å². The number of allylic oxidation sites excluding steroid dienone is 1. The second kappa shape index (κ2) is 3.66. The van der Waals surface area contributed by atoms with E-state index in [4.69, 9.17) is 4.74 Å². The number of carbonyl (C=O) groups excluding carboxylic acids is 1. The zero-order valence-electron chi connectivity index (χ0n) is 8.12. The summed E-state index contributed by atoms with van der Waals surface area (Å²) in [6.07, 6.45) is 4.97. The molecule has 14 heavy (non-hydrogen) atoms.